The van der Waals surface area contributed by atoms with Crippen molar-refractivity contribution in [3.8, 4) is 0 Å². The van der Waals surface area contributed by atoms with E-state index in [1.54, 1.807) is 6.92 Å². The lowest BCUT2D eigenvalue weighted by Crippen LogP contribution is -2.48. The number of hydrogen-bond acceptors (Lipinski definition) is 3. The van der Waals surface area contributed by atoms with E-state index in [0.29, 0.717) is 19.5 Å². The number of aliphatic hydroxyl groups excluding tert-OH is 1. The van der Waals surface area contributed by atoms with Gasteiger partial charge in [-0.2, -0.15) is 13.2 Å². The summed E-state index contributed by atoms with van der Waals surface area (Å²) >= 11 is 0. The number of alkyl halides is 3. The third kappa shape index (κ3) is 7.03. The smallest absolute Gasteiger partial charge is 0.394 e. The minimum Gasteiger partial charge on any atom is -0.394 e. The Bertz CT molecular complexity index is 199. The van der Waals surface area contributed by atoms with E-state index in [-0.39, 0.29) is 6.61 Å². The lowest BCUT2D eigenvalue weighted by molar-refractivity contribution is -0.143. The predicted octanol–water partition coefficient (Wildman–Crippen LogP) is 1.23. The van der Waals surface area contributed by atoms with Crippen LogP contribution in [-0.2, 0) is 0 Å². The average molecular weight is 242 g/mol. The van der Waals surface area contributed by atoms with Crippen molar-refractivity contribution in [3.63, 3.8) is 0 Å². The molecule has 0 saturated carbocycles. The van der Waals surface area contributed by atoms with Crippen molar-refractivity contribution in [2.45, 2.75) is 32.0 Å². The Hall–Kier alpha value is -0.330. The van der Waals surface area contributed by atoms with Crippen LogP contribution in [0.2, 0.25) is 0 Å². The van der Waals surface area contributed by atoms with Crippen molar-refractivity contribution in [2.24, 2.45) is 0 Å². The Labute approximate surface area is 94.6 Å². The zero-order valence-electron chi connectivity index (χ0n) is 10.1. The summed E-state index contributed by atoms with van der Waals surface area (Å²) in [4.78, 5) is 1.21. The van der Waals surface area contributed by atoms with Gasteiger partial charge in [0.2, 0.25) is 0 Å². The van der Waals surface area contributed by atoms with Crippen LogP contribution < -0.4 is 5.32 Å². The normalized spacial score (nSPS) is 16.5. The number of likely N-dealkylation sites (N-methyl/N-ethyl adjacent to an activating group) is 1. The monoisotopic (exact) mass is 242 g/mol. The van der Waals surface area contributed by atoms with E-state index in [1.807, 2.05) is 6.92 Å². The van der Waals surface area contributed by atoms with Crippen LogP contribution >= 0.6 is 0 Å². The molecule has 0 fully saturated rings. The van der Waals surface area contributed by atoms with Gasteiger partial charge in [0, 0.05) is 5.54 Å². The van der Waals surface area contributed by atoms with Crippen LogP contribution in [-0.4, -0.2) is 55.0 Å². The molecule has 98 valence electrons. The van der Waals surface area contributed by atoms with Gasteiger partial charge < -0.3 is 10.4 Å². The van der Waals surface area contributed by atoms with Gasteiger partial charge in [-0.05, 0) is 33.5 Å². The van der Waals surface area contributed by atoms with Gasteiger partial charge in [-0.25, -0.2) is 0 Å². The molecule has 6 heteroatoms. The van der Waals surface area contributed by atoms with E-state index in [0.717, 1.165) is 0 Å². The van der Waals surface area contributed by atoms with Crippen LogP contribution in [0.1, 0.15) is 20.3 Å². The molecule has 0 aliphatic rings. The van der Waals surface area contributed by atoms with Gasteiger partial charge in [-0.1, -0.05) is 6.92 Å². The van der Waals surface area contributed by atoms with Crippen molar-refractivity contribution in [2.75, 3.05) is 33.3 Å². The van der Waals surface area contributed by atoms with E-state index >= 15 is 0 Å². The largest absolute Gasteiger partial charge is 0.401 e. The Balaban J connectivity index is 4.02. The van der Waals surface area contributed by atoms with Crippen molar-refractivity contribution >= 4 is 0 Å². The minimum absolute atomic E-state index is 0.0826. The second kappa shape index (κ2) is 6.42. The van der Waals surface area contributed by atoms with Gasteiger partial charge in [0.15, 0.2) is 0 Å². The highest BCUT2D eigenvalue weighted by molar-refractivity contribution is 4.82. The molecular weight excluding hydrogens is 221 g/mol. The molecule has 0 rings (SSSR count). The van der Waals surface area contributed by atoms with E-state index in [9.17, 15) is 13.2 Å². The predicted molar refractivity (Wildman–Crippen MR) is 57.3 cm³/mol. The molecule has 0 amide bonds. The van der Waals surface area contributed by atoms with Crippen molar-refractivity contribution < 1.29 is 18.3 Å². The quantitative estimate of drug-likeness (QED) is 0.705. The van der Waals surface area contributed by atoms with Crippen LogP contribution in [0.15, 0.2) is 0 Å². The summed E-state index contributed by atoms with van der Waals surface area (Å²) in [6.45, 7) is 3.68. The second-order valence-corrected chi connectivity index (χ2v) is 4.35. The number of nitrogens with zero attached hydrogens (tertiary/aromatic N) is 1. The van der Waals surface area contributed by atoms with Crippen LogP contribution in [0.3, 0.4) is 0 Å². The topological polar surface area (TPSA) is 35.5 Å². The maximum Gasteiger partial charge on any atom is 0.401 e. The molecule has 3 nitrogen and oxygen atoms in total. The third-order valence-electron chi connectivity index (χ3n) is 2.45. The Morgan fingerprint density at radius 1 is 1.31 bits per heavy atom. The highest BCUT2D eigenvalue weighted by atomic mass is 19.4. The van der Waals surface area contributed by atoms with Gasteiger partial charge in [0.05, 0.1) is 13.2 Å². The minimum atomic E-state index is -4.16. The van der Waals surface area contributed by atoms with Crippen LogP contribution in [0, 0.1) is 0 Å². The summed E-state index contributed by atoms with van der Waals surface area (Å²) < 4.78 is 36.1. The molecule has 1 unspecified atom stereocenters. The lowest BCUT2D eigenvalue weighted by Gasteiger charge is -2.30. The molecule has 0 aliphatic heterocycles. The first kappa shape index (κ1) is 15.7. The molecule has 16 heavy (non-hydrogen) atoms. The maximum absolute atomic E-state index is 12.0. The third-order valence-corrected chi connectivity index (χ3v) is 2.45. The number of nitrogens with one attached hydrogen (secondary N) is 1. The first-order valence-corrected chi connectivity index (χ1v) is 5.33. The summed E-state index contributed by atoms with van der Waals surface area (Å²) in [7, 11) is 1.43. The molecule has 0 aromatic rings. The number of halogens is 3. The zero-order valence-corrected chi connectivity index (χ0v) is 10.1. The van der Waals surface area contributed by atoms with E-state index in [2.05, 4.69) is 5.32 Å². The Morgan fingerprint density at radius 2 is 1.88 bits per heavy atom. The van der Waals surface area contributed by atoms with Gasteiger partial charge in [0.1, 0.15) is 0 Å². The highest BCUT2D eigenvalue weighted by Crippen LogP contribution is 2.17. The van der Waals surface area contributed by atoms with Crippen LogP contribution in [0.4, 0.5) is 13.2 Å². The van der Waals surface area contributed by atoms with Crippen LogP contribution in [0.25, 0.3) is 0 Å². The maximum atomic E-state index is 12.0. The molecular formula is C10H21F3N2O. The van der Waals surface area contributed by atoms with Gasteiger partial charge in [0.25, 0.3) is 0 Å². The molecule has 1 atom stereocenters. The molecule has 2 N–H and O–H groups in total. The van der Waals surface area contributed by atoms with E-state index in [1.165, 1.54) is 11.9 Å². The number of rotatable bonds is 7. The molecule has 0 aromatic heterocycles. The molecule has 0 bridgehead atoms. The van der Waals surface area contributed by atoms with Gasteiger partial charge in [-0.3, -0.25) is 4.90 Å². The molecule has 0 saturated heterocycles. The molecule has 0 heterocycles. The SMILES string of the molecule is CCNC(C)(CO)CCN(C)CC(F)(F)F. The van der Waals surface area contributed by atoms with E-state index < -0.39 is 18.3 Å². The summed E-state index contributed by atoms with van der Waals surface area (Å²) in [5, 5.41) is 12.2. The molecule has 0 aromatic carbocycles. The lowest BCUT2D eigenvalue weighted by atomic mass is 9.99. The Morgan fingerprint density at radius 3 is 2.25 bits per heavy atom. The van der Waals surface area contributed by atoms with Crippen molar-refractivity contribution in [1.82, 2.24) is 10.2 Å². The average Bonchev–Trinajstić information content (AvgIpc) is 2.13. The fraction of sp³-hybridized carbons (Fsp3) is 1.00. The number of aliphatic hydroxyl groups is 1. The summed E-state index contributed by atoms with van der Waals surface area (Å²) in [5.74, 6) is 0. The van der Waals surface area contributed by atoms with Gasteiger partial charge >= 0.3 is 6.18 Å². The fourth-order valence-electron chi connectivity index (χ4n) is 1.47. The van der Waals surface area contributed by atoms with Crippen LogP contribution in [0.5, 0.6) is 0 Å². The fourth-order valence-corrected chi connectivity index (χ4v) is 1.47. The standard InChI is InChI=1S/C10H21F3N2O/c1-4-14-9(2,8-16)5-6-15(3)7-10(11,12)13/h14,16H,4-8H2,1-3H3. The summed E-state index contributed by atoms with van der Waals surface area (Å²) in [6.07, 6.45) is -3.69. The van der Waals surface area contributed by atoms with Gasteiger partial charge in [-0.15, -0.1) is 0 Å². The van der Waals surface area contributed by atoms with Crippen molar-refractivity contribution in [3.05, 3.63) is 0 Å². The summed E-state index contributed by atoms with van der Waals surface area (Å²) in [5.41, 5.74) is -0.505. The summed E-state index contributed by atoms with van der Waals surface area (Å²) in [6, 6.07) is 0. The zero-order chi connectivity index (χ0) is 12.8. The molecule has 0 aliphatic carbocycles. The highest BCUT2D eigenvalue weighted by Gasteiger charge is 2.30. The molecule has 0 spiro atoms. The first-order valence-electron chi connectivity index (χ1n) is 5.33. The second-order valence-electron chi connectivity index (χ2n) is 4.35. The van der Waals surface area contributed by atoms with Crippen molar-refractivity contribution in [1.29, 1.82) is 0 Å². The first-order chi connectivity index (χ1) is 7.22. The Kier molecular flexibility index (Phi) is 6.28. The van der Waals surface area contributed by atoms with E-state index in [4.69, 9.17) is 5.11 Å². The molecule has 0 radical (unpaired) electrons. The number of hydrogen-bond donors (Lipinski definition) is 2.